The van der Waals surface area contributed by atoms with Gasteiger partial charge in [0.15, 0.2) is 0 Å². The Kier molecular flexibility index (Phi) is 6.60. The van der Waals surface area contributed by atoms with Crippen LogP contribution in [-0.2, 0) is 11.2 Å². The van der Waals surface area contributed by atoms with E-state index in [-0.39, 0.29) is 11.5 Å². The van der Waals surface area contributed by atoms with Gasteiger partial charge in [-0.3, -0.25) is 4.79 Å². The highest BCUT2D eigenvalue weighted by atomic mass is 16.5. The van der Waals surface area contributed by atoms with Gasteiger partial charge in [-0.1, -0.05) is 42.5 Å². The summed E-state index contributed by atoms with van der Waals surface area (Å²) >= 11 is 0. The third-order valence-electron chi connectivity index (χ3n) is 3.54. The predicted octanol–water partition coefficient (Wildman–Crippen LogP) is 3.35. The minimum Gasteiger partial charge on any atom is -0.497 e. The van der Waals surface area contributed by atoms with E-state index < -0.39 is 0 Å². The monoisotopic (exact) mass is 320 g/mol. The predicted molar refractivity (Wildman–Crippen MR) is 94.4 cm³/mol. The smallest absolute Gasteiger partial charge is 0.261 e. The summed E-state index contributed by atoms with van der Waals surface area (Å²) in [4.78, 5) is 12.1. The second-order valence-electron chi connectivity index (χ2n) is 5.29. The van der Waals surface area contributed by atoms with Crippen molar-refractivity contribution >= 4 is 12.0 Å². The molecule has 2 rings (SSSR count). The van der Waals surface area contributed by atoms with Gasteiger partial charge in [-0.05, 0) is 42.2 Å². The highest BCUT2D eigenvalue weighted by Gasteiger charge is 2.08. The number of hydrogen-bond donors (Lipinski definition) is 1. The fraction of sp³-hybridized carbons (Fsp3) is 0.200. The van der Waals surface area contributed by atoms with Gasteiger partial charge >= 0.3 is 0 Å². The number of ether oxygens (including phenoxy) is 1. The number of carbonyl (C=O) groups excluding carboxylic acids is 1. The highest BCUT2D eigenvalue weighted by molar-refractivity contribution is 6.01. The molecule has 0 spiro atoms. The summed E-state index contributed by atoms with van der Waals surface area (Å²) in [6.07, 6.45) is 3.28. The van der Waals surface area contributed by atoms with Gasteiger partial charge in [0.05, 0.1) is 7.11 Å². The number of hydrogen-bond acceptors (Lipinski definition) is 3. The zero-order chi connectivity index (χ0) is 17.2. The molecule has 1 amide bonds. The first kappa shape index (κ1) is 17.3. The summed E-state index contributed by atoms with van der Waals surface area (Å²) in [6.45, 7) is 0.533. The third-order valence-corrected chi connectivity index (χ3v) is 3.54. The zero-order valence-corrected chi connectivity index (χ0v) is 13.7. The maximum atomic E-state index is 12.1. The van der Waals surface area contributed by atoms with Gasteiger partial charge in [0, 0.05) is 6.54 Å². The van der Waals surface area contributed by atoms with E-state index in [9.17, 15) is 10.1 Å². The number of carbonyl (C=O) groups is 1. The fourth-order valence-corrected chi connectivity index (χ4v) is 2.28. The van der Waals surface area contributed by atoms with Crippen molar-refractivity contribution in [1.29, 1.82) is 5.26 Å². The average molecular weight is 320 g/mol. The summed E-state index contributed by atoms with van der Waals surface area (Å²) < 4.78 is 5.14. The van der Waals surface area contributed by atoms with E-state index in [1.165, 1.54) is 5.56 Å². The SMILES string of the molecule is COc1cccc(/C=C(/C#N)C(=O)NCCCc2ccccc2)c1. The van der Waals surface area contributed by atoms with Gasteiger partial charge in [0.25, 0.3) is 5.91 Å². The molecule has 0 unspecified atom stereocenters. The lowest BCUT2D eigenvalue weighted by Crippen LogP contribution is -2.25. The number of rotatable bonds is 7. The molecule has 2 aromatic carbocycles. The summed E-state index contributed by atoms with van der Waals surface area (Å²) in [7, 11) is 1.58. The lowest BCUT2D eigenvalue weighted by Gasteiger charge is -2.05. The van der Waals surface area contributed by atoms with Crippen LogP contribution in [0.15, 0.2) is 60.2 Å². The van der Waals surface area contributed by atoms with Gasteiger partial charge in [-0.25, -0.2) is 0 Å². The van der Waals surface area contributed by atoms with Crippen LogP contribution >= 0.6 is 0 Å². The molecule has 4 heteroatoms. The molecule has 0 fully saturated rings. The number of nitriles is 1. The lowest BCUT2D eigenvalue weighted by molar-refractivity contribution is -0.117. The molecule has 122 valence electrons. The molecular weight excluding hydrogens is 300 g/mol. The van der Waals surface area contributed by atoms with Crippen LogP contribution in [0.1, 0.15) is 17.5 Å². The van der Waals surface area contributed by atoms with Crippen LogP contribution in [0.3, 0.4) is 0 Å². The van der Waals surface area contributed by atoms with Gasteiger partial charge in [0.2, 0.25) is 0 Å². The van der Waals surface area contributed by atoms with Crippen LogP contribution in [0, 0.1) is 11.3 Å². The number of aryl methyl sites for hydroxylation is 1. The van der Waals surface area contributed by atoms with Gasteiger partial charge in [-0.15, -0.1) is 0 Å². The van der Waals surface area contributed by atoms with Crippen molar-refractivity contribution in [1.82, 2.24) is 5.32 Å². The largest absolute Gasteiger partial charge is 0.497 e. The first-order chi connectivity index (χ1) is 11.7. The van der Waals surface area contributed by atoms with Gasteiger partial charge in [0.1, 0.15) is 17.4 Å². The Morgan fingerprint density at radius 1 is 1.21 bits per heavy atom. The molecule has 0 saturated carbocycles. The molecule has 0 bridgehead atoms. The van der Waals surface area contributed by atoms with Crippen LogP contribution in [0.4, 0.5) is 0 Å². The number of benzene rings is 2. The Bertz CT molecular complexity index is 746. The Hall–Kier alpha value is -3.06. The molecular formula is C20H20N2O2. The topological polar surface area (TPSA) is 62.1 Å². The summed E-state index contributed by atoms with van der Waals surface area (Å²) in [5.41, 5.74) is 2.08. The number of nitrogens with zero attached hydrogens (tertiary/aromatic N) is 1. The second kappa shape index (κ2) is 9.16. The van der Waals surface area contributed by atoms with Crippen molar-refractivity contribution in [2.45, 2.75) is 12.8 Å². The molecule has 0 radical (unpaired) electrons. The quantitative estimate of drug-likeness (QED) is 0.483. The minimum absolute atomic E-state index is 0.0861. The molecule has 4 nitrogen and oxygen atoms in total. The van der Waals surface area contributed by atoms with Crippen molar-refractivity contribution < 1.29 is 9.53 Å². The van der Waals surface area contributed by atoms with E-state index in [1.807, 2.05) is 42.5 Å². The van der Waals surface area contributed by atoms with Crippen LogP contribution in [0.5, 0.6) is 5.75 Å². The summed E-state index contributed by atoms with van der Waals surface area (Å²) in [5.74, 6) is 0.331. The van der Waals surface area contributed by atoms with Crippen molar-refractivity contribution in [2.75, 3.05) is 13.7 Å². The fourth-order valence-electron chi connectivity index (χ4n) is 2.28. The second-order valence-corrected chi connectivity index (χ2v) is 5.29. The van der Waals surface area contributed by atoms with Crippen molar-refractivity contribution in [3.63, 3.8) is 0 Å². The maximum absolute atomic E-state index is 12.1. The molecule has 0 saturated heterocycles. The average Bonchev–Trinajstić information content (AvgIpc) is 2.64. The summed E-state index contributed by atoms with van der Waals surface area (Å²) in [5, 5.41) is 12.0. The summed E-state index contributed by atoms with van der Waals surface area (Å²) in [6, 6.07) is 19.3. The van der Waals surface area contributed by atoms with E-state index in [0.29, 0.717) is 12.3 Å². The van der Waals surface area contributed by atoms with E-state index >= 15 is 0 Å². The van der Waals surface area contributed by atoms with Crippen molar-refractivity contribution in [2.24, 2.45) is 0 Å². The van der Waals surface area contributed by atoms with Gasteiger partial charge < -0.3 is 10.1 Å². The van der Waals surface area contributed by atoms with Crippen LogP contribution in [0.25, 0.3) is 6.08 Å². The Morgan fingerprint density at radius 2 is 2.00 bits per heavy atom. The van der Waals surface area contributed by atoms with E-state index in [4.69, 9.17) is 4.74 Å². The maximum Gasteiger partial charge on any atom is 0.261 e. The number of amides is 1. The highest BCUT2D eigenvalue weighted by Crippen LogP contribution is 2.15. The zero-order valence-electron chi connectivity index (χ0n) is 13.7. The molecule has 0 heterocycles. The van der Waals surface area contributed by atoms with E-state index in [1.54, 1.807) is 19.3 Å². The third kappa shape index (κ3) is 5.29. The first-order valence-electron chi connectivity index (χ1n) is 7.81. The molecule has 0 aliphatic heterocycles. The normalized spacial score (nSPS) is 10.8. The van der Waals surface area contributed by atoms with E-state index in [2.05, 4.69) is 17.4 Å². The molecule has 0 aliphatic carbocycles. The molecule has 0 atom stereocenters. The Balaban J connectivity index is 1.89. The molecule has 24 heavy (non-hydrogen) atoms. The lowest BCUT2D eigenvalue weighted by atomic mass is 10.1. The van der Waals surface area contributed by atoms with E-state index in [0.717, 1.165) is 18.4 Å². The molecule has 1 N–H and O–H groups in total. The minimum atomic E-state index is -0.353. The molecule has 0 aliphatic rings. The van der Waals surface area contributed by atoms with Gasteiger partial charge in [-0.2, -0.15) is 5.26 Å². The Morgan fingerprint density at radius 3 is 2.71 bits per heavy atom. The number of nitrogens with one attached hydrogen (secondary N) is 1. The first-order valence-corrected chi connectivity index (χ1v) is 7.81. The van der Waals surface area contributed by atoms with Crippen molar-refractivity contribution in [3.05, 3.63) is 71.3 Å². The molecule has 0 aromatic heterocycles. The van der Waals surface area contributed by atoms with Crippen LogP contribution < -0.4 is 10.1 Å². The van der Waals surface area contributed by atoms with Crippen LogP contribution in [0.2, 0.25) is 0 Å². The van der Waals surface area contributed by atoms with Crippen LogP contribution in [-0.4, -0.2) is 19.6 Å². The molecule has 2 aromatic rings. The van der Waals surface area contributed by atoms with Crippen molar-refractivity contribution in [3.8, 4) is 11.8 Å². The standard InChI is InChI=1S/C20H20N2O2/c1-24-19-11-5-9-17(14-19)13-18(15-21)20(23)22-12-6-10-16-7-3-2-4-8-16/h2-5,7-9,11,13-14H,6,10,12H2,1H3,(H,22,23)/b18-13-. The number of methoxy groups -OCH3 is 1. The Labute approximate surface area is 142 Å².